The highest BCUT2D eigenvalue weighted by Crippen LogP contribution is 2.33. The van der Waals surface area contributed by atoms with Gasteiger partial charge in [-0.2, -0.15) is 0 Å². The molecule has 1 fully saturated rings. The summed E-state index contributed by atoms with van der Waals surface area (Å²) in [5.74, 6) is 2.25. The Hall–Kier alpha value is -2.93. The van der Waals surface area contributed by atoms with Gasteiger partial charge < -0.3 is 29.3 Å². The van der Waals surface area contributed by atoms with E-state index in [9.17, 15) is 4.79 Å². The number of nitrogens with zero attached hydrogens (tertiary/aromatic N) is 2. The average molecular weight is 440 g/mol. The van der Waals surface area contributed by atoms with Gasteiger partial charge in [-0.25, -0.2) is 4.79 Å². The van der Waals surface area contributed by atoms with Crippen LogP contribution in [0.5, 0.6) is 17.2 Å². The maximum absolute atomic E-state index is 13.2. The number of hydrogen-bond donors (Lipinski definition) is 1. The molecule has 4 rings (SSSR count). The number of piperidine rings is 1. The van der Waals surface area contributed by atoms with Crippen LogP contribution in [0.25, 0.3) is 0 Å². The van der Waals surface area contributed by atoms with Crippen molar-refractivity contribution in [2.75, 3.05) is 38.9 Å². The lowest BCUT2D eigenvalue weighted by molar-refractivity contribution is 0.150. The Morgan fingerprint density at radius 3 is 2.75 bits per heavy atom. The maximum atomic E-state index is 13.2. The SMILES string of the molecule is COc1ccc(NC(=O)N(CCCN2CCCCC2C)Cc2ccc3c(c2)OCO3)cc1. The number of urea groups is 1. The van der Waals surface area contributed by atoms with E-state index in [2.05, 4.69) is 17.1 Å². The zero-order chi connectivity index (χ0) is 22.3. The highest BCUT2D eigenvalue weighted by Gasteiger charge is 2.20. The highest BCUT2D eigenvalue weighted by molar-refractivity contribution is 5.89. The molecular weight excluding hydrogens is 406 g/mol. The van der Waals surface area contributed by atoms with Crippen LogP contribution in [0.4, 0.5) is 10.5 Å². The summed E-state index contributed by atoms with van der Waals surface area (Å²) < 4.78 is 16.1. The molecule has 7 nitrogen and oxygen atoms in total. The van der Waals surface area contributed by atoms with Crippen LogP contribution in [0.3, 0.4) is 0 Å². The quantitative estimate of drug-likeness (QED) is 0.645. The van der Waals surface area contributed by atoms with Crippen molar-refractivity contribution in [2.24, 2.45) is 0 Å². The van der Waals surface area contributed by atoms with Gasteiger partial charge in [-0.15, -0.1) is 0 Å². The normalized spacial score (nSPS) is 17.8. The van der Waals surface area contributed by atoms with Crippen molar-refractivity contribution >= 4 is 11.7 Å². The van der Waals surface area contributed by atoms with Crippen molar-refractivity contribution < 1.29 is 19.0 Å². The Bertz CT molecular complexity index is 903. The highest BCUT2D eigenvalue weighted by atomic mass is 16.7. The lowest BCUT2D eigenvalue weighted by Crippen LogP contribution is -2.40. The molecule has 0 aliphatic carbocycles. The Morgan fingerprint density at radius 2 is 1.97 bits per heavy atom. The number of hydrogen-bond acceptors (Lipinski definition) is 5. The third-order valence-corrected chi connectivity index (χ3v) is 6.25. The van der Waals surface area contributed by atoms with Crippen LogP contribution in [0.15, 0.2) is 42.5 Å². The molecule has 172 valence electrons. The summed E-state index contributed by atoms with van der Waals surface area (Å²) in [5.41, 5.74) is 1.77. The van der Waals surface area contributed by atoms with Gasteiger partial charge in [-0.05, 0) is 74.7 Å². The molecule has 32 heavy (non-hydrogen) atoms. The van der Waals surface area contributed by atoms with Crippen molar-refractivity contribution in [3.05, 3.63) is 48.0 Å². The number of likely N-dealkylation sites (tertiary alicyclic amines) is 1. The number of fused-ring (bicyclic) bond motifs is 1. The van der Waals surface area contributed by atoms with Crippen molar-refractivity contribution in [2.45, 2.75) is 45.2 Å². The van der Waals surface area contributed by atoms with Crippen molar-refractivity contribution in [1.82, 2.24) is 9.80 Å². The van der Waals surface area contributed by atoms with Crippen LogP contribution in [0, 0.1) is 0 Å². The molecule has 0 radical (unpaired) electrons. The lowest BCUT2D eigenvalue weighted by Gasteiger charge is -2.34. The Balaban J connectivity index is 1.41. The fourth-order valence-corrected chi connectivity index (χ4v) is 4.34. The summed E-state index contributed by atoms with van der Waals surface area (Å²) in [6.07, 6.45) is 4.78. The minimum atomic E-state index is -0.112. The molecule has 2 aliphatic rings. The van der Waals surface area contributed by atoms with E-state index >= 15 is 0 Å². The molecule has 1 atom stereocenters. The summed E-state index contributed by atoms with van der Waals surface area (Å²) in [7, 11) is 1.63. The zero-order valence-electron chi connectivity index (χ0n) is 19.0. The van der Waals surface area contributed by atoms with Gasteiger partial charge in [0.1, 0.15) is 5.75 Å². The molecule has 1 saturated heterocycles. The van der Waals surface area contributed by atoms with Crippen LogP contribution in [0.1, 0.15) is 38.2 Å². The summed E-state index contributed by atoms with van der Waals surface area (Å²) in [6, 6.07) is 13.8. The van der Waals surface area contributed by atoms with E-state index < -0.39 is 0 Å². The molecule has 7 heteroatoms. The summed E-state index contributed by atoms with van der Waals surface area (Å²) in [6.45, 7) is 5.90. The molecule has 2 aromatic rings. The van der Waals surface area contributed by atoms with Gasteiger partial charge in [-0.3, -0.25) is 0 Å². The van der Waals surface area contributed by atoms with E-state index in [0.29, 0.717) is 19.1 Å². The molecular formula is C25H33N3O4. The monoisotopic (exact) mass is 439 g/mol. The second kappa shape index (κ2) is 10.6. The molecule has 0 aromatic heterocycles. The fraction of sp³-hybridized carbons (Fsp3) is 0.480. The van der Waals surface area contributed by atoms with Crippen molar-refractivity contribution in [1.29, 1.82) is 0 Å². The van der Waals surface area contributed by atoms with E-state index in [1.165, 1.54) is 19.3 Å². The zero-order valence-corrected chi connectivity index (χ0v) is 19.0. The van der Waals surface area contributed by atoms with Gasteiger partial charge in [0.05, 0.1) is 7.11 Å². The van der Waals surface area contributed by atoms with E-state index in [-0.39, 0.29) is 12.8 Å². The first-order valence-electron chi connectivity index (χ1n) is 11.4. The Morgan fingerprint density at radius 1 is 1.16 bits per heavy atom. The molecule has 2 amide bonds. The minimum Gasteiger partial charge on any atom is -0.497 e. The van der Waals surface area contributed by atoms with Crippen LogP contribution in [0.2, 0.25) is 0 Å². The average Bonchev–Trinajstić information content (AvgIpc) is 3.28. The third-order valence-electron chi connectivity index (χ3n) is 6.25. The fourth-order valence-electron chi connectivity index (χ4n) is 4.34. The summed E-state index contributed by atoms with van der Waals surface area (Å²) >= 11 is 0. The van der Waals surface area contributed by atoms with Crippen LogP contribution < -0.4 is 19.5 Å². The Labute approximate surface area is 190 Å². The van der Waals surface area contributed by atoms with Gasteiger partial charge in [0.2, 0.25) is 6.79 Å². The number of ether oxygens (including phenoxy) is 3. The Kier molecular flexibility index (Phi) is 7.37. The van der Waals surface area contributed by atoms with Gasteiger partial charge in [-0.1, -0.05) is 12.5 Å². The number of carbonyl (C=O) groups excluding carboxylic acids is 1. The summed E-state index contributed by atoms with van der Waals surface area (Å²) in [5, 5.41) is 3.03. The van der Waals surface area contributed by atoms with Crippen LogP contribution in [-0.4, -0.2) is 55.4 Å². The lowest BCUT2D eigenvalue weighted by atomic mass is 10.0. The minimum absolute atomic E-state index is 0.112. The number of amides is 2. The second-order valence-electron chi connectivity index (χ2n) is 8.50. The second-order valence-corrected chi connectivity index (χ2v) is 8.50. The maximum Gasteiger partial charge on any atom is 0.322 e. The van der Waals surface area contributed by atoms with Gasteiger partial charge >= 0.3 is 6.03 Å². The molecule has 0 saturated carbocycles. The van der Waals surface area contributed by atoms with E-state index in [4.69, 9.17) is 14.2 Å². The number of anilines is 1. The van der Waals surface area contributed by atoms with Gasteiger partial charge in [0.25, 0.3) is 0 Å². The molecule has 2 heterocycles. The largest absolute Gasteiger partial charge is 0.497 e. The number of benzene rings is 2. The number of carbonyl (C=O) groups is 1. The predicted octanol–water partition coefficient (Wildman–Crippen LogP) is 4.72. The first-order chi connectivity index (χ1) is 15.6. The smallest absolute Gasteiger partial charge is 0.322 e. The molecule has 2 aromatic carbocycles. The number of rotatable bonds is 8. The van der Waals surface area contributed by atoms with E-state index in [1.54, 1.807) is 7.11 Å². The van der Waals surface area contributed by atoms with Crippen LogP contribution >= 0.6 is 0 Å². The first-order valence-corrected chi connectivity index (χ1v) is 11.4. The third kappa shape index (κ3) is 5.65. The van der Waals surface area contributed by atoms with Gasteiger partial charge in [0, 0.05) is 31.4 Å². The summed E-state index contributed by atoms with van der Waals surface area (Å²) in [4.78, 5) is 17.6. The van der Waals surface area contributed by atoms with E-state index in [1.807, 2.05) is 47.4 Å². The molecule has 1 unspecified atom stereocenters. The van der Waals surface area contributed by atoms with Crippen molar-refractivity contribution in [3.8, 4) is 17.2 Å². The van der Waals surface area contributed by atoms with Gasteiger partial charge in [0.15, 0.2) is 11.5 Å². The molecule has 0 spiro atoms. The standard InChI is InChI=1S/C25H33N3O4/c1-19-6-3-4-13-27(19)14-5-15-28(17-20-7-12-23-24(16-20)32-18-31-23)25(29)26-21-8-10-22(30-2)11-9-21/h7-12,16,19H,3-6,13-15,17-18H2,1-2H3,(H,26,29). The van der Waals surface area contributed by atoms with Crippen molar-refractivity contribution in [3.63, 3.8) is 0 Å². The predicted molar refractivity (Wildman–Crippen MR) is 124 cm³/mol. The van der Waals surface area contributed by atoms with Crippen LogP contribution in [-0.2, 0) is 6.54 Å². The molecule has 2 aliphatic heterocycles. The molecule has 1 N–H and O–H groups in total. The van der Waals surface area contributed by atoms with E-state index in [0.717, 1.165) is 48.0 Å². The topological polar surface area (TPSA) is 63.3 Å². The first kappa shape index (κ1) is 22.3. The number of nitrogens with one attached hydrogen (secondary N) is 1. The molecule has 0 bridgehead atoms. The number of methoxy groups -OCH3 is 1.